The number of esters is 1. The Kier molecular flexibility index (Phi) is 4.41. The largest absolute Gasteiger partial charge is 0.508 e. The van der Waals surface area contributed by atoms with Crippen LogP contribution in [0.4, 0.5) is 0 Å². The fraction of sp³-hybridized carbons (Fsp3) is 0.235. The molecule has 2 aromatic carbocycles. The molecular formula is C17H18O3. The first kappa shape index (κ1) is 14.1. The van der Waals surface area contributed by atoms with Crippen molar-refractivity contribution >= 4 is 5.97 Å². The normalized spacial score (nSPS) is 11.9. The maximum Gasteiger partial charge on any atom is 0.313 e. The SMILES string of the molecule is CCC(C(=O)OC)c1ccc(-c2ccc(O)cc2)cc1. The minimum absolute atomic E-state index is 0.204. The standard InChI is InChI=1S/C17H18O3/c1-3-16(17(19)20-2)14-6-4-12(5-7-14)13-8-10-15(18)11-9-13/h4-11,16,18H,3H2,1-2H3. The molecule has 0 heterocycles. The third-order valence-electron chi connectivity index (χ3n) is 3.41. The average Bonchev–Trinajstić information content (AvgIpc) is 2.49. The van der Waals surface area contributed by atoms with Crippen LogP contribution >= 0.6 is 0 Å². The minimum Gasteiger partial charge on any atom is -0.508 e. The first-order valence-electron chi connectivity index (χ1n) is 6.63. The van der Waals surface area contributed by atoms with Crippen LogP contribution in [0.3, 0.4) is 0 Å². The smallest absolute Gasteiger partial charge is 0.313 e. The van der Waals surface area contributed by atoms with Gasteiger partial charge in [0.1, 0.15) is 5.75 Å². The van der Waals surface area contributed by atoms with Gasteiger partial charge in [0.15, 0.2) is 0 Å². The highest BCUT2D eigenvalue weighted by atomic mass is 16.5. The zero-order valence-corrected chi connectivity index (χ0v) is 11.7. The van der Waals surface area contributed by atoms with Crippen LogP contribution in [-0.2, 0) is 9.53 Å². The molecule has 3 heteroatoms. The van der Waals surface area contributed by atoms with Crippen LogP contribution in [0.2, 0.25) is 0 Å². The van der Waals surface area contributed by atoms with Crippen molar-refractivity contribution in [1.82, 2.24) is 0 Å². The molecule has 0 amide bonds. The molecular weight excluding hydrogens is 252 g/mol. The van der Waals surface area contributed by atoms with Crippen molar-refractivity contribution in [2.75, 3.05) is 7.11 Å². The molecule has 0 aliphatic heterocycles. The Hall–Kier alpha value is -2.29. The van der Waals surface area contributed by atoms with Gasteiger partial charge in [0.2, 0.25) is 0 Å². The minimum atomic E-state index is -0.214. The second-order valence-corrected chi connectivity index (χ2v) is 4.65. The average molecular weight is 270 g/mol. The molecule has 0 aliphatic rings. The van der Waals surface area contributed by atoms with Gasteiger partial charge in [-0.2, -0.15) is 0 Å². The fourth-order valence-corrected chi connectivity index (χ4v) is 2.24. The predicted octanol–water partition coefficient (Wildman–Crippen LogP) is 3.73. The van der Waals surface area contributed by atoms with Crippen molar-refractivity contribution in [3.63, 3.8) is 0 Å². The van der Waals surface area contributed by atoms with Gasteiger partial charge in [0.05, 0.1) is 13.0 Å². The summed E-state index contributed by atoms with van der Waals surface area (Å²) in [4.78, 5) is 11.7. The van der Waals surface area contributed by atoms with E-state index in [9.17, 15) is 9.90 Å². The molecule has 0 spiro atoms. The van der Waals surface area contributed by atoms with Gasteiger partial charge in [-0.3, -0.25) is 4.79 Å². The summed E-state index contributed by atoms with van der Waals surface area (Å²) < 4.78 is 4.82. The highest BCUT2D eigenvalue weighted by Crippen LogP contribution is 2.26. The van der Waals surface area contributed by atoms with E-state index in [-0.39, 0.29) is 17.6 Å². The van der Waals surface area contributed by atoms with Crippen molar-refractivity contribution in [1.29, 1.82) is 0 Å². The van der Waals surface area contributed by atoms with Gasteiger partial charge >= 0.3 is 5.97 Å². The Balaban J connectivity index is 2.25. The lowest BCUT2D eigenvalue weighted by atomic mass is 9.94. The Morgan fingerprint density at radius 1 is 1.05 bits per heavy atom. The first-order valence-corrected chi connectivity index (χ1v) is 6.63. The number of carbonyl (C=O) groups excluding carboxylic acids is 1. The number of phenols is 1. The van der Waals surface area contributed by atoms with Crippen LogP contribution in [-0.4, -0.2) is 18.2 Å². The lowest BCUT2D eigenvalue weighted by Gasteiger charge is -2.13. The Labute approximate surface area is 118 Å². The zero-order chi connectivity index (χ0) is 14.5. The maximum absolute atomic E-state index is 11.7. The van der Waals surface area contributed by atoms with Crippen LogP contribution in [0.15, 0.2) is 48.5 Å². The van der Waals surface area contributed by atoms with Gasteiger partial charge in [0.25, 0.3) is 0 Å². The number of aromatic hydroxyl groups is 1. The monoisotopic (exact) mass is 270 g/mol. The van der Waals surface area contributed by atoms with E-state index < -0.39 is 0 Å². The first-order chi connectivity index (χ1) is 9.65. The molecule has 0 saturated carbocycles. The summed E-state index contributed by atoms with van der Waals surface area (Å²) in [6, 6.07) is 14.9. The number of carbonyl (C=O) groups is 1. The molecule has 0 fully saturated rings. The van der Waals surface area contributed by atoms with Crippen molar-refractivity contribution in [3.05, 3.63) is 54.1 Å². The molecule has 20 heavy (non-hydrogen) atoms. The van der Waals surface area contributed by atoms with Crippen molar-refractivity contribution in [2.24, 2.45) is 0 Å². The van der Waals surface area contributed by atoms with E-state index in [4.69, 9.17) is 4.74 Å². The fourth-order valence-electron chi connectivity index (χ4n) is 2.24. The van der Waals surface area contributed by atoms with Crippen LogP contribution in [0.25, 0.3) is 11.1 Å². The molecule has 0 aromatic heterocycles. The van der Waals surface area contributed by atoms with Gasteiger partial charge < -0.3 is 9.84 Å². The van der Waals surface area contributed by atoms with Crippen molar-refractivity contribution < 1.29 is 14.6 Å². The second kappa shape index (κ2) is 6.24. The van der Waals surface area contributed by atoms with Crippen LogP contribution in [0.5, 0.6) is 5.75 Å². The highest BCUT2D eigenvalue weighted by molar-refractivity contribution is 5.78. The van der Waals surface area contributed by atoms with E-state index in [0.29, 0.717) is 6.42 Å². The summed E-state index contributed by atoms with van der Waals surface area (Å²) in [6.45, 7) is 1.97. The molecule has 0 saturated heterocycles. The molecule has 0 radical (unpaired) electrons. The number of hydrogen-bond donors (Lipinski definition) is 1. The lowest BCUT2D eigenvalue weighted by molar-refractivity contribution is -0.142. The van der Waals surface area contributed by atoms with Crippen LogP contribution < -0.4 is 0 Å². The molecule has 2 aromatic rings. The van der Waals surface area contributed by atoms with Gasteiger partial charge in [-0.05, 0) is 35.2 Å². The van der Waals surface area contributed by atoms with E-state index in [2.05, 4.69) is 0 Å². The third kappa shape index (κ3) is 2.99. The van der Waals surface area contributed by atoms with Crippen LogP contribution in [0, 0.1) is 0 Å². The van der Waals surface area contributed by atoms with E-state index in [0.717, 1.165) is 16.7 Å². The number of phenolic OH excluding ortho intramolecular Hbond substituents is 1. The van der Waals surface area contributed by atoms with Crippen molar-refractivity contribution in [2.45, 2.75) is 19.3 Å². The van der Waals surface area contributed by atoms with E-state index in [1.165, 1.54) is 7.11 Å². The van der Waals surface area contributed by atoms with Gasteiger partial charge in [-0.25, -0.2) is 0 Å². The number of ether oxygens (including phenoxy) is 1. The number of benzene rings is 2. The number of rotatable bonds is 4. The van der Waals surface area contributed by atoms with Gasteiger partial charge in [-0.15, -0.1) is 0 Å². The van der Waals surface area contributed by atoms with Crippen LogP contribution in [0.1, 0.15) is 24.8 Å². The summed E-state index contributed by atoms with van der Waals surface area (Å²) >= 11 is 0. The molecule has 0 aliphatic carbocycles. The Morgan fingerprint density at radius 2 is 1.55 bits per heavy atom. The number of methoxy groups -OCH3 is 1. The molecule has 3 nitrogen and oxygen atoms in total. The zero-order valence-electron chi connectivity index (χ0n) is 11.7. The maximum atomic E-state index is 11.7. The summed E-state index contributed by atoms with van der Waals surface area (Å²) in [7, 11) is 1.41. The molecule has 0 bridgehead atoms. The quantitative estimate of drug-likeness (QED) is 0.861. The number of hydrogen-bond acceptors (Lipinski definition) is 3. The molecule has 2 rings (SSSR count). The van der Waals surface area contributed by atoms with E-state index in [1.54, 1.807) is 12.1 Å². The van der Waals surface area contributed by atoms with Crippen molar-refractivity contribution in [3.8, 4) is 16.9 Å². The molecule has 1 atom stereocenters. The predicted molar refractivity (Wildman–Crippen MR) is 78.6 cm³/mol. The summed E-state index contributed by atoms with van der Waals surface area (Å²) in [5, 5.41) is 9.29. The third-order valence-corrected chi connectivity index (χ3v) is 3.41. The lowest BCUT2D eigenvalue weighted by Crippen LogP contribution is -2.13. The topological polar surface area (TPSA) is 46.5 Å². The molecule has 1 unspecified atom stereocenters. The summed E-state index contributed by atoms with van der Waals surface area (Å²) in [5.41, 5.74) is 3.04. The second-order valence-electron chi connectivity index (χ2n) is 4.65. The highest BCUT2D eigenvalue weighted by Gasteiger charge is 2.18. The van der Waals surface area contributed by atoms with E-state index in [1.807, 2.05) is 43.3 Å². The Morgan fingerprint density at radius 3 is 2.00 bits per heavy atom. The summed E-state index contributed by atoms with van der Waals surface area (Å²) in [6.07, 6.45) is 0.714. The molecule has 104 valence electrons. The van der Waals surface area contributed by atoms with E-state index >= 15 is 0 Å². The van der Waals surface area contributed by atoms with Gasteiger partial charge in [-0.1, -0.05) is 43.3 Å². The summed E-state index contributed by atoms with van der Waals surface area (Å²) in [5.74, 6) is -0.166. The molecule has 1 N–H and O–H groups in total. The Bertz CT molecular complexity index is 570. The van der Waals surface area contributed by atoms with Gasteiger partial charge in [0, 0.05) is 0 Å².